The molecule has 2 N–H and O–H groups in total. The molecule has 2 heterocycles. The summed E-state index contributed by atoms with van der Waals surface area (Å²) in [6, 6.07) is 11.8. The van der Waals surface area contributed by atoms with E-state index in [0.717, 1.165) is 22.3 Å². The molecule has 34 heavy (non-hydrogen) atoms. The van der Waals surface area contributed by atoms with Crippen LogP contribution in [0.5, 0.6) is 5.75 Å². The number of carboxylic acids is 1. The lowest BCUT2D eigenvalue weighted by Crippen LogP contribution is -2.08. The number of para-hydroxylation sites is 1. The van der Waals surface area contributed by atoms with E-state index in [1.807, 2.05) is 31.2 Å². The lowest BCUT2D eigenvalue weighted by molar-refractivity contribution is -0.140. The zero-order chi connectivity index (χ0) is 24.6. The Balaban J connectivity index is 1.94. The number of hydrogen-bond acceptors (Lipinski definition) is 6. The van der Waals surface area contributed by atoms with Gasteiger partial charge in [-0.3, -0.25) is 0 Å². The van der Waals surface area contributed by atoms with Crippen molar-refractivity contribution in [3.63, 3.8) is 0 Å². The maximum absolute atomic E-state index is 13.2. The van der Waals surface area contributed by atoms with Crippen molar-refractivity contribution in [2.45, 2.75) is 20.0 Å². The molecule has 2 aromatic heterocycles. The Bertz CT molecular complexity index is 1380. The lowest BCUT2D eigenvalue weighted by Gasteiger charge is -2.15. The minimum Gasteiger partial charge on any atom is -0.497 e. The number of halogens is 3. The molecule has 2 aromatic carbocycles. The molecule has 176 valence electrons. The van der Waals surface area contributed by atoms with Gasteiger partial charge in [0.05, 0.1) is 35.3 Å². The summed E-state index contributed by atoms with van der Waals surface area (Å²) in [6.07, 6.45) is -4.59. The first-order valence-electron chi connectivity index (χ1n) is 9.97. The molecule has 0 fully saturated rings. The molecule has 0 atom stereocenters. The second-order valence-corrected chi connectivity index (χ2v) is 8.24. The first-order chi connectivity index (χ1) is 16.1. The van der Waals surface area contributed by atoms with Crippen LogP contribution in [-0.4, -0.2) is 33.0 Å². The fourth-order valence-electron chi connectivity index (χ4n) is 3.46. The predicted molar refractivity (Wildman–Crippen MR) is 122 cm³/mol. The van der Waals surface area contributed by atoms with Crippen molar-refractivity contribution in [1.29, 1.82) is 0 Å². The average molecular weight is 488 g/mol. The van der Waals surface area contributed by atoms with Gasteiger partial charge in [0.1, 0.15) is 16.6 Å². The number of hydrogen-bond donors (Lipinski definition) is 2. The summed E-state index contributed by atoms with van der Waals surface area (Å²) in [4.78, 5) is 15.7. The molecule has 0 unspecified atom stereocenters. The molecule has 0 aliphatic heterocycles. The molecule has 0 aliphatic carbocycles. The highest BCUT2D eigenvalue weighted by Crippen LogP contribution is 2.40. The third-order valence-electron chi connectivity index (χ3n) is 5.12. The molecule has 0 spiro atoms. The lowest BCUT2D eigenvalue weighted by atomic mass is 10.1. The summed E-state index contributed by atoms with van der Waals surface area (Å²) in [5.74, 6) is -0.556. The van der Waals surface area contributed by atoms with Crippen LogP contribution in [0.25, 0.3) is 16.3 Å². The van der Waals surface area contributed by atoms with E-state index in [9.17, 15) is 23.1 Å². The molecule has 7 nitrogen and oxygen atoms in total. The number of rotatable bonds is 6. The highest BCUT2D eigenvalue weighted by molar-refractivity contribution is 7.13. The number of ether oxygens (including phenoxy) is 1. The normalized spacial score (nSPS) is 11.5. The zero-order valence-corrected chi connectivity index (χ0v) is 19.1. The van der Waals surface area contributed by atoms with Gasteiger partial charge in [-0.25, -0.2) is 14.5 Å². The Labute approximate surface area is 196 Å². The molecular formula is C23H19F3N4O3S. The molecule has 0 saturated carbocycles. The molecule has 11 heteroatoms. The quantitative estimate of drug-likeness (QED) is 0.342. The van der Waals surface area contributed by atoms with E-state index in [-0.39, 0.29) is 16.3 Å². The maximum atomic E-state index is 13.2. The van der Waals surface area contributed by atoms with E-state index in [0.29, 0.717) is 28.5 Å². The van der Waals surface area contributed by atoms with Crippen molar-refractivity contribution in [2.24, 2.45) is 0 Å². The SMILES string of the molecule is COc1ccc(Nc2c(-c3nc(C(F)(F)F)cs3)c(C)nn2-c2ccccc2C)c(C(=O)O)c1. The molecular weight excluding hydrogens is 469 g/mol. The number of anilines is 2. The van der Waals surface area contributed by atoms with Gasteiger partial charge in [0.2, 0.25) is 0 Å². The highest BCUT2D eigenvalue weighted by Gasteiger charge is 2.35. The van der Waals surface area contributed by atoms with Gasteiger partial charge < -0.3 is 15.2 Å². The molecule has 4 aromatic rings. The summed E-state index contributed by atoms with van der Waals surface area (Å²) >= 11 is 0.837. The summed E-state index contributed by atoms with van der Waals surface area (Å²) in [7, 11) is 1.42. The summed E-state index contributed by atoms with van der Waals surface area (Å²) in [5, 5.41) is 18.4. The number of aromatic nitrogens is 3. The molecule has 0 radical (unpaired) electrons. The first kappa shape index (κ1) is 23.3. The number of benzene rings is 2. The number of carbonyl (C=O) groups is 1. The number of carboxylic acid groups (broad SMARTS) is 1. The smallest absolute Gasteiger partial charge is 0.434 e. The van der Waals surface area contributed by atoms with Gasteiger partial charge in [0.25, 0.3) is 0 Å². The summed E-state index contributed by atoms with van der Waals surface area (Å²) < 4.78 is 46.4. The van der Waals surface area contributed by atoms with E-state index in [1.165, 1.54) is 19.2 Å². The Kier molecular flexibility index (Phi) is 6.05. The van der Waals surface area contributed by atoms with Crippen molar-refractivity contribution in [3.05, 3.63) is 70.4 Å². The summed E-state index contributed by atoms with van der Waals surface area (Å²) in [6.45, 7) is 3.53. The monoisotopic (exact) mass is 488 g/mol. The second kappa shape index (κ2) is 8.82. The number of nitrogens with one attached hydrogen (secondary N) is 1. The number of methoxy groups -OCH3 is 1. The van der Waals surface area contributed by atoms with Gasteiger partial charge in [0.15, 0.2) is 5.69 Å². The van der Waals surface area contributed by atoms with E-state index in [2.05, 4.69) is 15.4 Å². The van der Waals surface area contributed by atoms with Crippen LogP contribution in [0.15, 0.2) is 47.8 Å². The van der Waals surface area contributed by atoms with Gasteiger partial charge in [-0.2, -0.15) is 18.3 Å². The van der Waals surface area contributed by atoms with Crippen LogP contribution in [0.4, 0.5) is 24.7 Å². The fourth-order valence-corrected chi connectivity index (χ4v) is 4.38. The standard InChI is InChI=1S/C23H19F3N4O3S/c1-12-6-4-5-7-17(12)30-20(27-16-9-8-14(33-3)10-15(16)22(31)32)19(13(2)29-30)21-28-18(11-34-21)23(24,25)26/h4-11,27H,1-3H3,(H,31,32). The van der Waals surface area contributed by atoms with Gasteiger partial charge >= 0.3 is 12.1 Å². The first-order valence-corrected chi connectivity index (χ1v) is 10.8. The zero-order valence-electron chi connectivity index (χ0n) is 18.3. The molecule has 0 aliphatic rings. The van der Waals surface area contributed by atoms with Crippen molar-refractivity contribution >= 4 is 28.8 Å². The number of aromatic carboxylic acids is 1. The van der Waals surface area contributed by atoms with Crippen LogP contribution in [0.1, 0.15) is 27.3 Å². The van der Waals surface area contributed by atoms with Crippen molar-refractivity contribution < 1.29 is 27.8 Å². The van der Waals surface area contributed by atoms with Crippen LogP contribution in [0.2, 0.25) is 0 Å². The number of alkyl halides is 3. The van der Waals surface area contributed by atoms with Gasteiger partial charge in [0, 0.05) is 5.38 Å². The minimum absolute atomic E-state index is 0.0735. The third kappa shape index (κ3) is 4.34. The van der Waals surface area contributed by atoms with Crippen molar-refractivity contribution in [2.75, 3.05) is 12.4 Å². The van der Waals surface area contributed by atoms with Crippen LogP contribution >= 0.6 is 11.3 Å². The number of nitrogens with zero attached hydrogens (tertiary/aromatic N) is 3. The Hall–Kier alpha value is -3.86. The molecule has 0 saturated heterocycles. The number of aryl methyl sites for hydroxylation is 2. The molecule has 0 bridgehead atoms. The molecule has 4 rings (SSSR count). The van der Waals surface area contributed by atoms with Crippen LogP contribution in [0, 0.1) is 13.8 Å². The summed E-state index contributed by atoms with van der Waals surface area (Å²) in [5.41, 5.74) is 1.46. The Morgan fingerprint density at radius 1 is 1.18 bits per heavy atom. The highest BCUT2D eigenvalue weighted by atomic mass is 32.1. The van der Waals surface area contributed by atoms with Crippen LogP contribution in [-0.2, 0) is 6.18 Å². The number of thiazole rings is 1. The second-order valence-electron chi connectivity index (χ2n) is 7.38. The third-order valence-corrected chi connectivity index (χ3v) is 5.98. The topological polar surface area (TPSA) is 89.3 Å². The van der Waals surface area contributed by atoms with Gasteiger partial charge in [-0.15, -0.1) is 11.3 Å². The maximum Gasteiger partial charge on any atom is 0.434 e. The average Bonchev–Trinajstić information content (AvgIpc) is 3.39. The van der Waals surface area contributed by atoms with E-state index in [4.69, 9.17) is 4.74 Å². The van der Waals surface area contributed by atoms with E-state index >= 15 is 0 Å². The largest absolute Gasteiger partial charge is 0.497 e. The van der Waals surface area contributed by atoms with Crippen molar-refractivity contribution in [3.8, 4) is 22.0 Å². The van der Waals surface area contributed by atoms with Crippen LogP contribution in [0.3, 0.4) is 0 Å². The fraction of sp³-hybridized carbons (Fsp3) is 0.174. The Morgan fingerprint density at radius 2 is 1.91 bits per heavy atom. The van der Waals surface area contributed by atoms with Crippen molar-refractivity contribution in [1.82, 2.24) is 14.8 Å². The van der Waals surface area contributed by atoms with E-state index < -0.39 is 17.8 Å². The minimum atomic E-state index is -4.59. The predicted octanol–water partition coefficient (Wildman–Crippen LogP) is 6.08. The van der Waals surface area contributed by atoms with Gasteiger partial charge in [-0.05, 0) is 43.7 Å². The van der Waals surface area contributed by atoms with Gasteiger partial charge in [-0.1, -0.05) is 18.2 Å². The van der Waals surface area contributed by atoms with Crippen LogP contribution < -0.4 is 10.1 Å². The Morgan fingerprint density at radius 3 is 2.53 bits per heavy atom. The van der Waals surface area contributed by atoms with E-state index in [1.54, 1.807) is 17.7 Å². The molecule has 0 amide bonds.